The van der Waals surface area contributed by atoms with Gasteiger partial charge in [0.05, 0.1) is 10.6 Å². The first-order chi connectivity index (χ1) is 16.1. The van der Waals surface area contributed by atoms with E-state index in [1.54, 1.807) is 43.7 Å². The second-order valence-electron chi connectivity index (χ2n) is 7.77. The summed E-state index contributed by atoms with van der Waals surface area (Å²) in [5.74, 6) is 0.644. The maximum atomic E-state index is 13.1. The highest BCUT2D eigenvalue weighted by Crippen LogP contribution is 2.32. The molecule has 3 aromatic rings. The molecule has 3 N–H and O–H groups in total. The Morgan fingerprint density at radius 3 is 2.26 bits per heavy atom. The van der Waals surface area contributed by atoms with Gasteiger partial charge in [0.1, 0.15) is 17.5 Å². The number of rotatable bonds is 10. The Kier molecular flexibility index (Phi) is 8.72. The zero-order valence-electron chi connectivity index (χ0n) is 18.4. The lowest BCUT2D eigenvalue weighted by molar-refractivity contribution is -0.131. The number of hydrogen-bond acceptors (Lipinski definition) is 7. The van der Waals surface area contributed by atoms with Crippen LogP contribution in [0, 0.1) is 0 Å². The fraction of sp³-hybridized carbons (Fsp3) is 0.217. The summed E-state index contributed by atoms with van der Waals surface area (Å²) in [5.41, 5.74) is 2.35. The van der Waals surface area contributed by atoms with Crippen molar-refractivity contribution in [3.05, 3.63) is 83.1 Å². The Hall–Kier alpha value is -2.44. The lowest BCUT2D eigenvalue weighted by Gasteiger charge is -2.32. The van der Waals surface area contributed by atoms with Crippen molar-refractivity contribution >= 4 is 43.6 Å². The van der Waals surface area contributed by atoms with Crippen LogP contribution in [0.15, 0.2) is 82.3 Å². The van der Waals surface area contributed by atoms with Gasteiger partial charge in [0.25, 0.3) is 5.91 Å². The van der Waals surface area contributed by atoms with E-state index in [-0.39, 0.29) is 4.90 Å². The molecule has 0 bridgehead atoms. The molecule has 0 aliphatic heterocycles. The molecule has 0 aliphatic carbocycles. The number of thioether (sulfide) groups is 1. The number of ether oxygens (including phenoxy) is 1. The van der Waals surface area contributed by atoms with Crippen LogP contribution >= 0.6 is 27.7 Å². The minimum absolute atomic E-state index is 0.0445. The molecule has 180 valence electrons. The van der Waals surface area contributed by atoms with Gasteiger partial charge in [-0.1, -0.05) is 22.0 Å². The average Bonchev–Trinajstić information content (AvgIpc) is 2.83. The molecule has 1 aromatic heterocycles. The van der Waals surface area contributed by atoms with Gasteiger partial charge in [-0.2, -0.15) is 4.72 Å². The monoisotopic (exact) mass is 565 g/mol. The standard InChI is InChI=1S/C23H24BrN3O5S2/c1-23(2,33-15-17-5-3-4-14-25-17)21(22(28)26-29)27-34(30,31)20-12-10-19(11-13-20)32-18-8-6-16(24)7-9-18/h3-14,21,27,29H,15H2,1-2H3,(H,26,28)/t21-/m1/s1. The van der Waals surface area contributed by atoms with Gasteiger partial charge < -0.3 is 4.74 Å². The van der Waals surface area contributed by atoms with Crippen LogP contribution in [0.25, 0.3) is 0 Å². The van der Waals surface area contributed by atoms with Crippen LogP contribution in [0.4, 0.5) is 0 Å². The summed E-state index contributed by atoms with van der Waals surface area (Å²) in [5, 5.41) is 9.24. The molecule has 0 unspecified atom stereocenters. The molecule has 8 nitrogen and oxygen atoms in total. The van der Waals surface area contributed by atoms with Gasteiger partial charge in [-0.15, -0.1) is 11.8 Å². The number of halogens is 1. The van der Waals surface area contributed by atoms with E-state index in [1.807, 2.05) is 24.3 Å². The fourth-order valence-electron chi connectivity index (χ4n) is 2.95. The number of sulfonamides is 1. The summed E-state index contributed by atoms with van der Waals surface area (Å²) in [4.78, 5) is 16.6. The topological polar surface area (TPSA) is 118 Å². The van der Waals surface area contributed by atoms with E-state index >= 15 is 0 Å². The first kappa shape index (κ1) is 26.2. The minimum atomic E-state index is -4.09. The van der Waals surface area contributed by atoms with Crippen molar-refractivity contribution in [2.75, 3.05) is 0 Å². The van der Waals surface area contributed by atoms with Crippen molar-refractivity contribution in [1.29, 1.82) is 0 Å². The van der Waals surface area contributed by atoms with Crippen LogP contribution in [-0.2, 0) is 20.6 Å². The molecule has 2 aromatic carbocycles. The molecule has 0 fully saturated rings. The number of hydroxylamine groups is 1. The molecule has 11 heteroatoms. The number of amides is 1. The van der Waals surface area contributed by atoms with Gasteiger partial charge in [-0.3, -0.25) is 15.0 Å². The average molecular weight is 566 g/mol. The van der Waals surface area contributed by atoms with Crippen molar-refractivity contribution in [2.24, 2.45) is 0 Å². The van der Waals surface area contributed by atoms with Crippen LogP contribution in [0.2, 0.25) is 0 Å². The summed E-state index contributed by atoms with van der Waals surface area (Å²) in [6, 6.07) is 17.3. The molecule has 1 atom stereocenters. The van der Waals surface area contributed by atoms with Crippen molar-refractivity contribution in [2.45, 2.75) is 35.3 Å². The lowest BCUT2D eigenvalue weighted by Crippen LogP contribution is -2.55. The van der Waals surface area contributed by atoms with Gasteiger partial charge in [-0.05, 0) is 74.5 Å². The maximum absolute atomic E-state index is 13.1. The molecule has 0 spiro atoms. The first-order valence-electron chi connectivity index (χ1n) is 10.1. The van der Waals surface area contributed by atoms with Crippen LogP contribution < -0.4 is 14.9 Å². The number of nitrogens with zero attached hydrogens (tertiary/aromatic N) is 1. The Morgan fingerprint density at radius 1 is 1.09 bits per heavy atom. The Labute approximate surface area is 211 Å². The van der Waals surface area contributed by atoms with E-state index in [1.165, 1.54) is 36.0 Å². The molecule has 0 saturated carbocycles. The second kappa shape index (κ2) is 11.3. The zero-order valence-corrected chi connectivity index (χ0v) is 21.7. The molecular formula is C23H24BrN3O5S2. The number of aromatic nitrogens is 1. The number of benzene rings is 2. The predicted molar refractivity (Wildman–Crippen MR) is 134 cm³/mol. The number of nitrogens with one attached hydrogen (secondary N) is 2. The van der Waals surface area contributed by atoms with Crippen molar-refractivity contribution < 1.29 is 23.2 Å². The van der Waals surface area contributed by atoms with E-state index < -0.39 is 26.7 Å². The van der Waals surface area contributed by atoms with E-state index in [2.05, 4.69) is 25.6 Å². The van der Waals surface area contributed by atoms with Crippen LogP contribution in [0.5, 0.6) is 11.5 Å². The SMILES string of the molecule is CC(C)(SCc1ccccn1)[C@H](NS(=O)(=O)c1ccc(Oc2ccc(Br)cc2)cc1)C(=O)NO. The molecule has 1 amide bonds. The third kappa shape index (κ3) is 7.03. The Bertz CT molecular complexity index is 1210. The largest absolute Gasteiger partial charge is 0.457 e. The molecule has 34 heavy (non-hydrogen) atoms. The van der Waals surface area contributed by atoms with Gasteiger partial charge >= 0.3 is 0 Å². The Morgan fingerprint density at radius 2 is 1.71 bits per heavy atom. The van der Waals surface area contributed by atoms with Crippen molar-refractivity contribution in [3.63, 3.8) is 0 Å². The smallest absolute Gasteiger partial charge is 0.262 e. The Balaban J connectivity index is 1.74. The predicted octanol–water partition coefficient (Wildman–Crippen LogP) is 4.50. The second-order valence-corrected chi connectivity index (χ2v) is 12.0. The highest BCUT2D eigenvalue weighted by atomic mass is 79.9. The zero-order chi connectivity index (χ0) is 24.8. The fourth-order valence-corrected chi connectivity index (χ4v) is 5.66. The third-order valence-electron chi connectivity index (χ3n) is 4.84. The first-order valence-corrected chi connectivity index (χ1v) is 13.4. The lowest BCUT2D eigenvalue weighted by atomic mass is 10.0. The van der Waals surface area contributed by atoms with Crippen LogP contribution in [-0.4, -0.2) is 35.3 Å². The minimum Gasteiger partial charge on any atom is -0.457 e. The van der Waals surface area contributed by atoms with Crippen LogP contribution in [0.1, 0.15) is 19.5 Å². The summed E-state index contributed by atoms with van der Waals surface area (Å²) in [7, 11) is -4.09. The summed E-state index contributed by atoms with van der Waals surface area (Å²) < 4.78 is 34.2. The molecule has 1 heterocycles. The van der Waals surface area contributed by atoms with Gasteiger partial charge in [0.2, 0.25) is 10.0 Å². The van der Waals surface area contributed by atoms with E-state index in [0.717, 1.165) is 10.2 Å². The number of carbonyl (C=O) groups is 1. The molecule has 3 rings (SSSR count). The van der Waals surface area contributed by atoms with Crippen molar-refractivity contribution in [1.82, 2.24) is 15.2 Å². The molecule has 0 aliphatic rings. The third-order valence-corrected chi connectivity index (χ3v) is 8.23. The number of hydrogen-bond donors (Lipinski definition) is 3. The number of carbonyl (C=O) groups excluding carboxylic acids is 1. The van der Waals surface area contributed by atoms with Gasteiger partial charge in [0, 0.05) is 21.2 Å². The molecular weight excluding hydrogens is 542 g/mol. The van der Waals surface area contributed by atoms with E-state index in [4.69, 9.17) is 4.74 Å². The molecule has 0 radical (unpaired) electrons. The van der Waals surface area contributed by atoms with Crippen LogP contribution in [0.3, 0.4) is 0 Å². The summed E-state index contributed by atoms with van der Waals surface area (Å²) in [6.45, 7) is 3.44. The molecule has 0 saturated heterocycles. The van der Waals surface area contributed by atoms with E-state index in [0.29, 0.717) is 17.3 Å². The normalized spacial score (nSPS) is 12.7. The maximum Gasteiger partial charge on any atom is 0.262 e. The van der Waals surface area contributed by atoms with Gasteiger partial charge in [-0.25, -0.2) is 13.9 Å². The van der Waals surface area contributed by atoms with Gasteiger partial charge in [0.15, 0.2) is 0 Å². The highest BCUT2D eigenvalue weighted by Gasteiger charge is 2.39. The van der Waals surface area contributed by atoms with Crippen molar-refractivity contribution in [3.8, 4) is 11.5 Å². The highest BCUT2D eigenvalue weighted by molar-refractivity contribution is 9.10. The number of pyridine rings is 1. The quantitative estimate of drug-likeness (QED) is 0.244. The van der Waals surface area contributed by atoms with E-state index in [9.17, 15) is 18.4 Å². The summed E-state index contributed by atoms with van der Waals surface area (Å²) >= 11 is 4.69. The summed E-state index contributed by atoms with van der Waals surface area (Å²) in [6.07, 6.45) is 1.66.